The van der Waals surface area contributed by atoms with Gasteiger partial charge in [0.05, 0.1) is 31.7 Å². The molecule has 1 saturated carbocycles. The Balaban J connectivity index is 1.65. The van der Waals surface area contributed by atoms with E-state index in [2.05, 4.69) is 10.4 Å². The topological polar surface area (TPSA) is 85.7 Å². The summed E-state index contributed by atoms with van der Waals surface area (Å²) in [6.07, 6.45) is 4.96. The quantitative estimate of drug-likeness (QED) is 0.837. The summed E-state index contributed by atoms with van der Waals surface area (Å²) >= 11 is 0. The van der Waals surface area contributed by atoms with Crippen molar-refractivity contribution in [1.82, 2.24) is 14.7 Å². The molecular weight excluding hydrogens is 372 g/mol. The van der Waals surface area contributed by atoms with Crippen molar-refractivity contribution in [3.05, 3.63) is 35.2 Å². The molecule has 1 aliphatic carbocycles. The highest BCUT2D eigenvalue weighted by atomic mass is 16.5. The maximum atomic E-state index is 13.1. The molecule has 0 spiro atoms. The molecule has 2 aromatic rings. The number of likely N-dealkylation sites (tertiary alicyclic amines) is 1. The molecule has 0 radical (unpaired) electrons. The highest BCUT2D eigenvalue weighted by molar-refractivity contribution is 6.07. The van der Waals surface area contributed by atoms with Crippen LogP contribution in [0.15, 0.2) is 18.3 Å². The molecule has 1 saturated heterocycles. The summed E-state index contributed by atoms with van der Waals surface area (Å²) in [6.45, 7) is 2.62. The van der Waals surface area contributed by atoms with Crippen LogP contribution in [0.5, 0.6) is 11.5 Å². The molecule has 1 aromatic carbocycles. The van der Waals surface area contributed by atoms with Crippen molar-refractivity contribution in [1.29, 1.82) is 0 Å². The van der Waals surface area contributed by atoms with E-state index in [4.69, 9.17) is 9.47 Å². The molecule has 8 heteroatoms. The Kier molecular flexibility index (Phi) is 4.94. The molecule has 0 bridgehead atoms. The first-order valence-electron chi connectivity index (χ1n) is 9.81. The lowest BCUT2D eigenvalue weighted by atomic mass is 9.91. The van der Waals surface area contributed by atoms with E-state index in [1.807, 2.05) is 11.8 Å². The van der Waals surface area contributed by atoms with Crippen LogP contribution in [0.1, 0.15) is 45.7 Å². The molecular formula is C21H26N4O4. The second kappa shape index (κ2) is 7.42. The number of carbonyl (C=O) groups is 2. The zero-order chi connectivity index (χ0) is 20.7. The van der Waals surface area contributed by atoms with Crippen molar-refractivity contribution in [2.24, 2.45) is 13.0 Å². The van der Waals surface area contributed by atoms with Gasteiger partial charge in [0.25, 0.3) is 11.8 Å². The number of fused-ring (bicyclic) bond motifs is 1. The minimum Gasteiger partial charge on any atom is -0.493 e. The maximum absolute atomic E-state index is 13.1. The number of nitrogens with zero attached hydrogens (tertiary/aromatic N) is 3. The Morgan fingerprint density at radius 3 is 2.62 bits per heavy atom. The number of ether oxygens (including phenoxy) is 2. The summed E-state index contributed by atoms with van der Waals surface area (Å²) in [4.78, 5) is 27.8. The Labute approximate surface area is 169 Å². The van der Waals surface area contributed by atoms with Crippen LogP contribution in [0, 0.1) is 12.8 Å². The molecule has 154 valence electrons. The SMILES string of the molecule is COc1cc(C(=O)N2C[C@@H]3CCC[C@@H]32)cc(NC(=O)c2cnn(C)c2C)c1OC. The highest BCUT2D eigenvalue weighted by Gasteiger charge is 2.44. The average Bonchev–Trinajstić information content (AvgIpc) is 3.23. The molecule has 4 rings (SSSR count). The van der Waals surface area contributed by atoms with Gasteiger partial charge in [-0.2, -0.15) is 5.10 Å². The van der Waals surface area contributed by atoms with Crippen molar-refractivity contribution in [3.63, 3.8) is 0 Å². The fourth-order valence-electron chi connectivity index (χ4n) is 4.38. The molecule has 1 aliphatic heterocycles. The van der Waals surface area contributed by atoms with Crippen LogP contribution in [-0.2, 0) is 7.05 Å². The second-order valence-electron chi connectivity index (χ2n) is 7.70. The van der Waals surface area contributed by atoms with Gasteiger partial charge in [-0.15, -0.1) is 0 Å². The molecule has 29 heavy (non-hydrogen) atoms. The summed E-state index contributed by atoms with van der Waals surface area (Å²) < 4.78 is 12.5. The van der Waals surface area contributed by atoms with Gasteiger partial charge in [0, 0.05) is 30.9 Å². The van der Waals surface area contributed by atoms with E-state index in [0.29, 0.717) is 40.3 Å². The molecule has 1 N–H and O–H groups in total. The Hall–Kier alpha value is -3.03. The molecule has 0 unspecified atom stereocenters. The maximum Gasteiger partial charge on any atom is 0.259 e. The number of carbonyl (C=O) groups excluding carboxylic acids is 2. The van der Waals surface area contributed by atoms with E-state index in [0.717, 1.165) is 18.7 Å². The van der Waals surface area contributed by atoms with Gasteiger partial charge < -0.3 is 19.7 Å². The van der Waals surface area contributed by atoms with Crippen LogP contribution in [0.25, 0.3) is 0 Å². The van der Waals surface area contributed by atoms with Crippen molar-refractivity contribution in [2.75, 3.05) is 26.1 Å². The molecule has 2 aliphatic rings. The van der Waals surface area contributed by atoms with E-state index in [1.54, 1.807) is 23.9 Å². The highest BCUT2D eigenvalue weighted by Crippen LogP contribution is 2.42. The van der Waals surface area contributed by atoms with Crippen LogP contribution >= 0.6 is 0 Å². The lowest BCUT2D eigenvalue weighted by Crippen LogP contribution is -2.55. The van der Waals surface area contributed by atoms with Crippen LogP contribution in [-0.4, -0.2) is 53.3 Å². The average molecular weight is 398 g/mol. The predicted molar refractivity (Wildman–Crippen MR) is 108 cm³/mol. The van der Waals surface area contributed by atoms with Crippen LogP contribution in [0.2, 0.25) is 0 Å². The first kappa shape index (κ1) is 19.3. The molecule has 8 nitrogen and oxygen atoms in total. The molecule has 2 fully saturated rings. The van der Waals surface area contributed by atoms with Crippen LogP contribution < -0.4 is 14.8 Å². The summed E-state index contributed by atoms with van der Waals surface area (Å²) in [5, 5.41) is 6.97. The zero-order valence-corrected chi connectivity index (χ0v) is 17.2. The molecule has 1 aromatic heterocycles. The number of aryl methyl sites for hydroxylation is 1. The number of rotatable bonds is 5. The smallest absolute Gasteiger partial charge is 0.259 e. The molecule has 2 atom stereocenters. The number of nitrogens with one attached hydrogen (secondary N) is 1. The normalized spacial score (nSPS) is 20.1. The Morgan fingerprint density at radius 2 is 2.00 bits per heavy atom. The van der Waals surface area contributed by atoms with Gasteiger partial charge in [-0.05, 0) is 37.8 Å². The number of amides is 2. The van der Waals surface area contributed by atoms with Gasteiger partial charge in [0.1, 0.15) is 0 Å². The fourth-order valence-corrected chi connectivity index (χ4v) is 4.38. The number of hydrogen-bond donors (Lipinski definition) is 1. The van der Waals surface area contributed by atoms with E-state index >= 15 is 0 Å². The summed E-state index contributed by atoms with van der Waals surface area (Å²) in [5.41, 5.74) is 2.08. The van der Waals surface area contributed by atoms with Gasteiger partial charge in [0.2, 0.25) is 0 Å². The third-order valence-corrected chi connectivity index (χ3v) is 6.17. The van der Waals surface area contributed by atoms with Crippen LogP contribution in [0.3, 0.4) is 0 Å². The van der Waals surface area contributed by atoms with E-state index in [1.165, 1.54) is 33.3 Å². The Bertz CT molecular complexity index is 968. The van der Waals surface area contributed by atoms with Crippen molar-refractivity contribution < 1.29 is 19.1 Å². The van der Waals surface area contributed by atoms with Crippen molar-refractivity contribution in [3.8, 4) is 11.5 Å². The van der Waals surface area contributed by atoms with Gasteiger partial charge in [0.15, 0.2) is 11.5 Å². The standard InChI is InChI=1S/C21H26N4O4/c1-12-15(10-22-24(12)2)20(26)23-16-8-14(9-18(28-3)19(16)29-4)21(27)25-11-13-6-5-7-17(13)25/h8-10,13,17H,5-7,11H2,1-4H3,(H,23,26)/t13-,17-/m0/s1. The number of anilines is 1. The first-order chi connectivity index (χ1) is 13.9. The van der Waals surface area contributed by atoms with Gasteiger partial charge in [-0.1, -0.05) is 6.42 Å². The largest absolute Gasteiger partial charge is 0.493 e. The van der Waals surface area contributed by atoms with Gasteiger partial charge >= 0.3 is 0 Å². The number of hydrogen-bond acceptors (Lipinski definition) is 5. The minimum atomic E-state index is -0.319. The van der Waals surface area contributed by atoms with Crippen molar-refractivity contribution in [2.45, 2.75) is 32.2 Å². The van der Waals surface area contributed by atoms with E-state index < -0.39 is 0 Å². The van der Waals surface area contributed by atoms with E-state index in [-0.39, 0.29) is 11.8 Å². The monoisotopic (exact) mass is 398 g/mol. The lowest BCUT2D eigenvalue weighted by Gasteiger charge is -2.44. The second-order valence-corrected chi connectivity index (χ2v) is 7.70. The van der Waals surface area contributed by atoms with Gasteiger partial charge in [-0.25, -0.2) is 0 Å². The lowest BCUT2D eigenvalue weighted by molar-refractivity contribution is 0.0269. The molecule has 2 amide bonds. The fraction of sp³-hybridized carbons (Fsp3) is 0.476. The summed E-state index contributed by atoms with van der Waals surface area (Å²) in [6, 6.07) is 3.68. The first-order valence-corrected chi connectivity index (χ1v) is 9.81. The number of methoxy groups -OCH3 is 2. The number of benzene rings is 1. The van der Waals surface area contributed by atoms with Crippen LogP contribution in [0.4, 0.5) is 5.69 Å². The third-order valence-electron chi connectivity index (χ3n) is 6.17. The number of aromatic nitrogens is 2. The summed E-state index contributed by atoms with van der Waals surface area (Å²) in [5.74, 6) is 1.05. The predicted octanol–water partition coefficient (Wildman–Crippen LogP) is 2.62. The third kappa shape index (κ3) is 3.22. The zero-order valence-electron chi connectivity index (χ0n) is 17.2. The Morgan fingerprint density at radius 1 is 1.21 bits per heavy atom. The molecule has 2 heterocycles. The van der Waals surface area contributed by atoms with Gasteiger partial charge in [-0.3, -0.25) is 14.3 Å². The van der Waals surface area contributed by atoms with E-state index in [9.17, 15) is 9.59 Å². The van der Waals surface area contributed by atoms with Crippen molar-refractivity contribution >= 4 is 17.5 Å². The summed E-state index contributed by atoms with van der Waals surface area (Å²) in [7, 11) is 4.79. The minimum absolute atomic E-state index is 0.0397.